The Kier molecular flexibility index (Phi) is 38.8. The standard InChI is InChI=1S/C36H32F3N5O6S.C28H26F3N5O4S.C20H20F3N5O2S.C8H8O3/c37-36(38,39)50-29-16-9-10-23(21-29)20-28(45)22-27-19-18-26(41-42-27)15-7-8-17-30-43-44-35(51-30)40-33(47)32(25-13-5-2-6-14-25)49-34(48)31(46)24-11-3-1-4-12-24;29-28(30,31)40-23-11-6-7-18(16-23)15-22(37)17-21-14-13-20(33-34-21)10-4-5-12-24-35-36-27(41-24)32-26(39)25(38)19-8-2-1-3-9-19;21-20(22,23)30-17-6-3-4-13(11-17)10-16(29)12-15-9-8-14(25-26-15)5-1-2-7-18-27-28-19(24)31-18;9-7(8(10)11)6-4-2-1-3-5-6/h1-6,9-14,16,18-19,21,31-32,46H,7-8,15,17,20,22H2,(H,40,44,47);1-3,6-9,11,13-14,16,25,38H,4-5,10,12,15,17H2,(H,32,36,39);3-4,6,8-9,11H,1-2,5,7,10,12H2,(H2,24,28);1-5,7,9H,(H,10,11). The Morgan fingerprint density at radius 2 is 0.634 bits per heavy atom. The predicted molar refractivity (Wildman–Crippen MR) is 471 cm³/mol. The SMILES string of the molecule is Nc1nnc(CCCCc2ccc(CC(=O)Cc3cccc(OC(F)(F)F)c3)nn2)s1.O=C(Cc1cccc(OC(F)(F)F)c1)Cc1ccc(CCCCc2nnc(NC(=O)C(O)c3ccccc3)s2)nn1.O=C(Cc1cccc(OC(F)(F)F)c1)Cc1ccc(CCCCc2nnc(NC(=O)C(OC(=O)C(O)c3ccccc3)c3ccccc3)s2)nn1.O=C(O)C(O)c1ccccc1. The molecule has 6 heterocycles. The molecule has 0 aliphatic rings. The van der Waals surface area contributed by atoms with Gasteiger partial charge in [-0.25, -0.2) is 9.59 Å². The van der Waals surface area contributed by atoms with Gasteiger partial charge in [0.25, 0.3) is 11.8 Å². The van der Waals surface area contributed by atoms with Crippen LogP contribution < -0.4 is 30.6 Å². The number of nitrogen functional groups attached to an aromatic ring is 1. The number of ether oxygens (including phenoxy) is 4. The van der Waals surface area contributed by atoms with Gasteiger partial charge in [-0.05, 0) is 164 Å². The van der Waals surface area contributed by atoms with Crippen LogP contribution in [0.3, 0.4) is 0 Å². The lowest BCUT2D eigenvalue weighted by Gasteiger charge is -2.19. The second kappa shape index (κ2) is 51.0. The van der Waals surface area contributed by atoms with Crippen LogP contribution >= 0.6 is 34.0 Å². The fraction of sp³-hybridized carbons (Fsp3) is 0.272. The number of hydrogen-bond acceptors (Lipinski definition) is 30. The molecule has 700 valence electrons. The monoisotopic (exact) mass is 1910 g/mol. The number of nitrogens with one attached hydrogen (secondary N) is 2. The topological polar surface area (TPSA) is 442 Å². The molecule has 0 aliphatic heterocycles. The number of anilines is 3. The van der Waals surface area contributed by atoms with Crippen LogP contribution in [0.2, 0.25) is 0 Å². The van der Waals surface area contributed by atoms with Gasteiger partial charge >= 0.3 is 31.0 Å². The van der Waals surface area contributed by atoms with E-state index in [0.29, 0.717) is 97.0 Å². The van der Waals surface area contributed by atoms with Crippen LogP contribution in [-0.2, 0) is 115 Å². The number of nitrogens with two attached hydrogens (primary N) is 1. The lowest BCUT2D eigenvalue weighted by Crippen LogP contribution is -2.28. The van der Waals surface area contributed by atoms with Gasteiger partial charge in [0.05, 0.1) is 53.4 Å². The summed E-state index contributed by atoms with van der Waals surface area (Å²) in [5.74, 6) is -5.15. The van der Waals surface area contributed by atoms with Crippen molar-refractivity contribution in [3.63, 3.8) is 0 Å². The maximum atomic E-state index is 13.3. The number of carbonyl (C=O) groups is 7. The molecule has 0 spiro atoms. The number of carboxylic acids is 1. The van der Waals surface area contributed by atoms with Gasteiger partial charge < -0.3 is 45.1 Å². The summed E-state index contributed by atoms with van der Waals surface area (Å²) in [5, 5.41) is 95.5. The summed E-state index contributed by atoms with van der Waals surface area (Å²) in [6.07, 6.45) is -11.1. The summed E-state index contributed by atoms with van der Waals surface area (Å²) in [5.41, 5.74) is 12.2. The zero-order valence-corrected chi connectivity index (χ0v) is 73.3. The highest BCUT2D eigenvalue weighted by molar-refractivity contribution is 7.15. The first kappa shape index (κ1) is 102. The van der Waals surface area contributed by atoms with Crippen molar-refractivity contribution in [2.75, 3.05) is 16.4 Å². The van der Waals surface area contributed by atoms with Crippen LogP contribution in [-0.4, -0.2) is 142 Å². The van der Waals surface area contributed by atoms with Gasteiger partial charge in [-0.15, -0.1) is 70.1 Å². The van der Waals surface area contributed by atoms with Crippen LogP contribution in [0.1, 0.15) is 151 Å². The van der Waals surface area contributed by atoms with Crippen LogP contribution in [0.4, 0.5) is 54.9 Å². The summed E-state index contributed by atoms with van der Waals surface area (Å²) < 4.78 is 129. The second-order valence-corrected chi connectivity index (χ2v) is 32.7. The maximum Gasteiger partial charge on any atom is 0.573 e. The summed E-state index contributed by atoms with van der Waals surface area (Å²) in [7, 11) is 0. The number of carboxylic acid groups (broad SMARTS) is 1. The van der Waals surface area contributed by atoms with E-state index in [1.165, 1.54) is 88.6 Å². The minimum Gasteiger partial charge on any atom is -0.479 e. The number of rotatable bonds is 41. The zero-order valence-electron chi connectivity index (χ0n) is 70.8. The molecule has 6 aromatic heterocycles. The molecule has 0 saturated heterocycles. The van der Waals surface area contributed by atoms with E-state index in [4.69, 9.17) is 20.7 Å². The fourth-order valence-electron chi connectivity index (χ4n) is 12.6. The second-order valence-electron chi connectivity index (χ2n) is 29.5. The fourth-order valence-corrected chi connectivity index (χ4v) is 14.8. The lowest BCUT2D eigenvalue weighted by molar-refractivity contribution is -0.275. The van der Waals surface area contributed by atoms with E-state index >= 15 is 0 Å². The average Bonchev–Trinajstić information content (AvgIpc) is 1.37. The number of aliphatic hydroxyl groups excluding tert-OH is 3. The van der Waals surface area contributed by atoms with Crippen molar-refractivity contribution >= 4 is 90.5 Å². The molecule has 134 heavy (non-hydrogen) atoms. The normalized spacial score (nSPS) is 12.1. The molecule has 13 rings (SSSR count). The summed E-state index contributed by atoms with van der Waals surface area (Å²) in [6.45, 7) is 0. The van der Waals surface area contributed by atoms with Gasteiger partial charge in [-0.3, -0.25) is 34.6 Å². The van der Waals surface area contributed by atoms with Gasteiger partial charge in [-0.2, -0.15) is 30.6 Å². The number of esters is 1. The first-order valence-electron chi connectivity index (χ1n) is 41.2. The molecule has 13 aromatic rings. The number of benzene rings is 7. The summed E-state index contributed by atoms with van der Waals surface area (Å²) in [6, 6.07) is 60.1. The number of aliphatic carboxylic acids is 1. The largest absolute Gasteiger partial charge is 0.573 e. The molecule has 0 saturated carbocycles. The minimum atomic E-state index is -4.81. The number of aromatic nitrogens is 12. The average molecular weight is 1910 g/mol. The lowest BCUT2D eigenvalue weighted by atomic mass is 10.1. The van der Waals surface area contributed by atoms with Gasteiger partial charge in [-0.1, -0.05) is 192 Å². The molecular formula is C92H86F9N15O15S3. The van der Waals surface area contributed by atoms with Gasteiger partial charge in [0.2, 0.25) is 21.5 Å². The highest BCUT2D eigenvalue weighted by Gasteiger charge is 2.35. The number of nitrogens with zero attached hydrogens (tertiary/aromatic N) is 12. The molecule has 0 fully saturated rings. The van der Waals surface area contributed by atoms with E-state index in [1.807, 2.05) is 6.07 Å². The molecule has 4 unspecified atom stereocenters. The molecule has 7 aromatic carbocycles. The third-order valence-electron chi connectivity index (χ3n) is 18.8. The molecule has 30 nitrogen and oxygen atoms in total. The molecule has 0 radical (unpaired) electrons. The molecular weight excluding hydrogens is 1820 g/mol. The first-order valence-corrected chi connectivity index (χ1v) is 43.7. The van der Waals surface area contributed by atoms with Crippen molar-refractivity contribution in [1.82, 2.24) is 61.2 Å². The first-order chi connectivity index (χ1) is 64.1. The molecule has 0 bridgehead atoms. The molecule has 0 aliphatic carbocycles. The number of Topliss-reactive ketones (excluding diaryl/α,β-unsaturated/α-hetero) is 3. The third kappa shape index (κ3) is 36.9. The van der Waals surface area contributed by atoms with Gasteiger partial charge in [0, 0.05) is 44.1 Å². The number of aryl methyl sites for hydroxylation is 6. The van der Waals surface area contributed by atoms with Crippen molar-refractivity contribution in [2.45, 2.75) is 159 Å². The number of aliphatic hydroxyl groups is 3. The Balaban J connectivity index is 0.000000201. The highest BCUT2D eigenvalue weighted by Crippen LogP contribution is 2.31. The zero-order chi connectivity index (χ0) is 96.0. The number of carbonyl (C=O) groups excluding carboxylic acids is 6. The number of alkyl halides is 9. The van der Waals surface area contributed by atoms with Crippen molar-refractivity contribution in [2.24, 2.45) is 0 Å². The van der Waals surface area contributed by atoms with Crippen LogP contribution in [0.25, 0.3) is 0 Å². The van der Waals surface area contributed by atoms with E-state index in [9.17, 15) is 83.3 Å². The highest BCUT2D eigenvalue weighted by atomic mass is 32.1. The molecule has 8 N–H and O–H groups in total. The van der Waals surface area contributed by atoms with E-state index in [0.717, 1.165) is 78.5 Å². The Morgan fingerprint density at radius 1 is 0.328 bits per heavy atom. The van der Waals surface area contributed by atoms with Crippen LogP contribution in [0.15, 0.2) is 231 Å². The van der Waals surface area contributed by atoms with Gasteiger partial charge in [0.15, 0.2) is 18.3 Å². The molecule has 4 atom stereocenters. The maximum absolute atomic E-state index is 13.3. The number of amides is 2. The Hall–Kier alpha value is -14.2. The third-order valence-corrected chi connectivity index (χ3v) is 21.4. The van der Waals surface area contributed by atoms with Crippen LogP contribution in [0.5, 0.6) is 17.2 Å². The minimum absolute atomic E-state index is 0.00985. The van der Waals surface area contributed by atoms with E-state index in [-0.39, 0.29) is 78.3 Å². The van der Waals surface area contributed by atoms with Crippen molar-refractivity contribution in [3.05, 3.63) is 319 Å². The van der Waals surface area contributed by atoms with Crippen molar-refractivity contribution < 1.29 is 112 Å². The number of ketones is 3. The number of hydrogen-bond donors (Lipinski definition) is 7. The quantitative estimate of drug-likeness (QED) is 0.0106. The Morgan fingerprint density at radius 3 is 0.963 bits per heavy atom. The van der Waals surface area contributed by atoms with Crippen molar-refractivity contribution in [1.29, 1.82) is 0 Å². The molecule has 42 heteroatoms. The Labute approximate surface area is 771 Å². The summed E-state index contributed by atoms with van der Waals surface area (Å²) >= 11 is 3.83. The van der Waals surface area contributed by atoms with E-state index in [1.54, 1.807) is 170 Å². The summed E-state index contributed by atoms with van der Waals surface area (Å²) in [4.78, 5) is 85.7. The van der Waals surface area contributed by atoms with Crippen molar-refractivity contribution in [3.8, 4) is 17.2 Å². The van der Waals surface area contributed by atoms with Gasteiger partial charge in [0.1, 0.15) is 49.6 Å². The number of unbranched alkanes of at least 4 members (excludes halogenated alkanes) is 3. The number of halogens is 9. The Bertz CT molecular complexity index is 5930. The van der Waals surface area contributed by atoms with E-state index < -0.39 is 67.3 Å². The van der Waals surface area contributed by atoms with E-state index in [2.05, 4.69) is 86.0 Å². The molecule has 2 amide bonds. The van der Waals surface area contributed by atoms with Crippen LogP contribution in [0, 0.1) is 0 Å². The predicted octanol–water partition coefficient (Wildman–Crippen LogP) is 15.5. The smallest absolute Gasteiger partial charge is 0.479 e.